The van der Waals surface area contributed by atoms with Crippen LogP contribution in [0.3, 0.4) is 0 Å². The fourth-order valence-electron chi connectivity index (χ4n) is 7.56. The van der Waals surface area contributed by atoms with Crippen molar-refractivity contribution in [1.82, 2.24) is 10.6 Å². The first-order chi connectivity index (χ1) is 30.1. The van der Waals surface area contributed by atoms with E-state index in [0.29, 0.717) is 60.9 Å². The van der Waals surface area contributed by atoms with Crippen molar-refractivity contribution in [1.29, 1.82) is 0 Å². The van der Waals surface area contributed by atoms with Crippen molar-refractivity contribution >= 4 is 74.6 Å². The maximum Gasteiger partial charge on any atom is 0.337 e. The number of phenolic OH excluding ortho intramolecular Hbond substituents is 1. The maximum absolute atomic E-state index is 13.6. The Balaban J connectivity index is 1.06. The Bertz CT molecular complexity index is 3300. The summed E-state index contributed by atoms with van der Waals surface area (Å²) < 4.78 is 12.2. The number of aromatic carboxylic acids is 2. The van der Waals surface area contributed by atoms with Gasteiger partial charge in [-0.05, 0) is 71.8 Å². The minimum Gasteiger partial charge on any atom is -0.508 e. The largest absolute Gasteiger partial charge is 0.508 e. The van der Waals surface area contributed by atoms with Crippen LogP contribution >= 0.6 is 23.2 Å². The van der Waals surface area contributed by atoms with Gasteiger partial charge in [-0.25, -0.2) is 9.59 Å². The highest BCUT2D eigenvalue weighted by Crippen LogP contribution is 2.47. The molecule has 2 aliphatic heterocycles. The lowest BCUT2D eigenvalue weighted by Gasteiger charge is -2.21. The first-order valence-electron chi connectivity index (χ1n) is 19.1. The molecule has 0 saturated heterocycles. The molecule has 0 aromatic heterocycles. The number of phenols is 1. The minimum atomic E-state index is -1.46. The van der Waals surface area contributed by atoms with Crippen molar-refractivity contribution in [3.8, 4) is 50.7 Å². The van der Waals surface area contributed by atoms with Gasteiger partial charge >= 0.3 is 11.9 Å². The summed E-state index contributed by atoms with van der Waals surface area (Å²) >= 11 is 13.6. The smallest absolute Gasteiger partial charge is 0.337 e. The van der Waals surface area contributed by atoms with Gasteiger partial charge in [-0.3, -0.25) is 19.4 Å². The molecule has 4 aromatic carbocycles. The highest BCUT2D eigenvalue weighted by Gasteiger charge is 2.30. The van der Waals surface area contributed by atoms with Crippen LogP contribution in [0.1, 0.15) is 36.6 Å². The van der Waals surface area contributed by atoms with Crippen LogP contribution in [0.5, 0.6) is 5.75 Å². The van der Waals surface area contributed by atoms with E-state index in [1.54, 1.807) is 55.6 Å². The predicted octanol–water partition coefficient (Wildman–Crippen LogP) is 8.13. The molecule has 2 heterocycles. The van der Waals surface area contributed by atoms with E-state index in [1.807, 2.05) is 25.1 Å². The third-order valence-electron chi connectivity index (χ3n) is 10.5. The molecule has 2 amide bonds. The van der Waals surface area contributed by atoms with Crippen LogP contribution in [0.4, 0.5) is 5.69 Å². The number of amides is 2. The molecule has 0 saturated carbocycles. The molecular formula is C47H34Cl2N4O10. The molecular weight excluding hydrogens is 851 g/mol. The number of carboxylic acids is 2. The van der Waals surface area contributed by atoms with E-state index in [2.05, 4.69) is 15.6 Å². The summed E-state index contributed by atoms with van der Waals surface area (Å²) in [5.74, 6) is -3.75. The number of nitrogens with one attached hydrogen (secondary N) is 2. The molecule has 14 nitrogen and oxygen atoms in total. The molecule has 4 aromatic rings. The Hall–Kier alpha value is -7.68. The fraction of sp³-hybridized carbons (Fsp3) is 0.106. The second kappa shape index (κ2) is 16.6. The molecule has 0 spiro atoms. The molecule has 0 atom stereocenters. The molecule has 2 aliphatic carbocycles. The molecule has 0 bridgehead atoms. The third kappa shape index (κ3) is 7.89. The van der Waals surface area contributed by atoms with E-state index in [-0.39, 0.29) is 50.8 Å². The maximum atomic E-state index is 13.6. The predicted molar refractivity (Wildman–Crippen MR) is 238 cm³/mol. The highest BCUT2D eigenvalue weighted by molar-refractivity contribution is 6.41. The third-order valence-corrected chi connectivity index (χ3v) is 11.2. The van der Waals surface area contributed by atoms with Crippen molar-refractivity contribution in [2.24, 2.45) is 4.99 Å². The molecule has 16 heteroatoms. The molecule has 316 valence electrons. The number of carbonyl (C=O) groups is 4. The molecule has 63 heavy (non-hydrogen) atoms. The van der Waals surface area contributed by atoms with Gasteiger partial charge in [0.05, 0.1) is 38.6 Å². The SMILES string of the molecule is CN=c1ccc2c(-c3c(Cl)cc(C(=O)NCC(=O)NCc4ccc(-c5c6ccc(=O)cc-6oc6cc(O)ccc56)c(C(=O)O)c4)c(Cl)c3C(=O)O)c3ccc(N(C)C)cc3oc-2c1. The standard InChI is InChI=1S/C47H34Cl2N4O10/c1-50-23-5-10-30-35(15-23)62-36-16-24(53(2)3)6-11-31(36)41(30)42-34(48)19-33(44(49)43(42)47(60)61)45(57)52-21-39(56)51-20-22-4-9-27(32(14-22)46(58)59)40-28-12-7-25(54)17-37(28)63-38-18-26(55)8-13-29(38)40/h4-19,54H,20-21H2,1-3H3,(H,51,56)(H,52,57)(H,58,59)(H,60,61). The van der Waals surface area contributed by atoms with Gasteiger partial charge in [-0.2, -0.15) is 0 Å². The van der Waals surface area contributed by atoms with Crippen molar-refractivity contribution in [2.75, 3.05) is 32.6 Å². The van der Waals surface area contributed by atoms with Crippen LogP contribution in [-0.4, -0.2) is 66.8 Å². The summed E-state index contributed by atoms with van der Waals surface area (Å²) in [6, 6.07) is 25.0. The first kappa shape index (κ1) is 42.0. The molecule has 4 aliphatic rings. The van der Waals surface area contributed by atoms with Gasteiger partial charge in [-0.1, -0.05) is 35.3 Å². The van der Waals surface area contributed by atoms with Crippen LogP contribution in [-0.2, 0) is 11.3 Å². The van der Waals surface area contributed by atoms with Gasteiger partial charge in [0.1, 0.15) is 28.4 Å². The molecule has 8 rings (SSSR count). The Kier molecular flexibility index (Phi) is 11.1. The van der Waals surface area contributed by atoms with Gasteiger partial charge in [-0.15, -0.1) is 0 Å². The van der Waals surface area contributed by atoms with Gasteiger partial charge in [0.25, 0.3) is 5.91 Å². The molecule has 5 N–H and O–H groups in total. The van der Waals surface area contributed by atoms with Gasteiger partial charge < -0.3 is 39.7 Å². The summed E-state index contributed by atoms with van der Waals surface area (Å²) in [5, 5.41) is 37.2. The second-order valence-corrected chi connectivity index (χ2v) is 15.5. The number of carboxylic acid groups (broad SMARTS) is 2. The molecule has 0 radical (unpaired) electrons. The first-order valence-corrected chi connectivity index (χ1v) is 19.9. The Labute approximate surface area is 366 Å². The van der Waals surface area contributed by atoms with Crippen molar-refractivity contribution in [3.63, 3.8) is 0 Å². The Morgan fingerprint density at radius 3 is 2.08 bits per heavy atom. The topological polar surface area (TPSA) is 212 Å². The quantitative estimate of drug-likeness (QED) is 0.0828. The number of nitrogens with zero attached hydrogens (tertiary/aromatic N) is 2. The lowest BCUT2D eigenvalue weighted by Crippen LogP contribution is -2.36. The zero-order valence-electron chi connectivity index (χ0n) is 33.5. The van der Waals surface area contributed by atoms with E-state index in [1.165, 1.54) is 42.5 Å². The summed E-state index contributed by atoms with van der Waals surface area (Å²) in [6.45, 7) is -0.691. The number of carbonyl (C=O) groups excluding carboxylic acids is 2. The van der Waals surface area contributed by atoms with Gasteiger partial charge in [0, 0.05) is 96.2 Å². The van der Waals surface area contributed by atoms with Gasteiger partial charge in [0.15, 0.2) is 5.43 Å². The number of fused-ring (bicyclic) bond motifs is 4. The Morgan fingerprint density at radius 1 is 0.698 bits per heavy atom. The number of aromatic hydroxyl groups is 1. The van der Waals surface area contributed by atoms with Crippen LogP contribution in [0.25, 0.3) is 66.8 Å². The number of anilines is 1. The van der Waals surface area contributed by atoms with E-state index < -0.39 is 40.9 Å². The number of rotatable bonds is 10. The number of hydrogen-bond acceptors (Lipinski definition) is 10. The van der Waals surface area contributed by atoms with E-state index in [0.717, 1.165) is 5.69 Å². The fourth-order valence-corrected chi connectivity index (χ4v) is 8.17. The zero-order chi connectivity index (χ0) is 44.9. The number of benzene rings is 6. The van der Waals surface area contributed by atoms with E-state index >= 15 is 0 Å². The summed E-state index contributed by atoms with van der Waals surface area (Å²) in [6.07, 6.45) is 0. The molecule has 0 fully saturated rings. The van der Waals surface area contributed by atoms with Crippen molar-refractivity contribution in [2.45, 2.75) is 6.54 Å². The number of halogens is 2. The average Bonchev–Trinajstić information content (AvgIpc) is 3.25. The van der Waals surface area contributed by atoms with E-state index in [9.17, 15) is 39.3 Å². The van der Waals surface area contributed by atoms with Crippen LogP contribution in [0.15, 0.2) is 116 Å². The zero-order valence-corrected chi connectivity index (χ0v) is 35.0. The highest BCUT2D eigenvalue weighted by atomic mass is 35.5. The summed E-state index contributed by atoms with van der Waals surface area (Å²) in [5.41, 5.74) is 2.94. The summed E-state index contributed by atoms with van der Waals surface area (Å²) in [4.78, 5) is 70.6. The summed E-state index contributed by atoms with van der Waals surface area (Å²) in [7, 11) is 5.37. The van der Waals surface area contributed by atoms with E-state index in [4.69, 9.17) is 32.0 Å². The Morgan fingerprint density at radius 2 is 1.37 bits per heavy atom. The lowest BCUT2D eigenvalue weighted by molar-refractivity contribution is -0.120. The number of hydrogen-bond donors (Lipinski definition) is 5. The van der Waals surface area contributed by atoms with Crippen LogP contribution < -0.4 is 26.3 Å². The van der Waals surface area contributed by atoms with Crippen LogP contribution in [0.2, 0.25) is 10.0 Å². The van der Waals surface area contributed by atoms with Crippen LogP contribution in [0, 0.1) is 0 Å². The van der Waals surface area contributed by atoms with Crippen molar-refractivity contribution in [3.05, 3.63) is 145 Å². The molecule has 0 unspecified atom stereocenters. The van der Waals surface area contributed by atoms with Crippen molar-refractivity contribution < 1.29 is 43.3 Å². The lowest BCUT2D eigenvalue weighted by atomic mass is 9.89. The average molecular weight is 886 g/mol. The van der Waals surface area contributed by atoms with Gasteiger partial charge in [0.2, 0.25) is 5.91 Å². The normalized spacial score (nSPS) is 11.7. The second-order valence-electron chi connectivity index (χ2n) is 14.7. The minimum absolute atomic E-state index is 0.0549. The monoisotopic (exact) mass is 884 g/mol.